The van der Waals surface area contributed by atoms with Crippen LogP contribution in [0, 0.1) is 22.7 Å². The molecule has 0 N–H and O–H groups in total. The highest BCUT2D eigenvalue weighted by atomic mass is 79.9. The normalized spacial score (nSPS) is 15.8. The second-order valence-corrected chi connectivity index (χ2v) is 11.1. The average molecular weight is 575 g/mol. The molecular weight excluding hydrogens is 535 g/mol. The van der Waals surface area contributed by atoms with Crippen molar-refractivity contribution >= 4 is 40.7 Å². The molecule has 1 aliphatic rings. The van der Waals surface area contributed by atoms with Crippen LogP contribution < -0.4 is 5.46 Å². The number of hydrogen-bond acceptors (Lipinski definition) is 4. The highest BCUT2D eigenvalue weighted by Gasteiger charge is 2.52. The number of rotatable bonds is 7. The maximum atomic E-state index is 8.75. The van der Waals surface area contributed by atoms with E-state index < -0.39 is 0 Å². The van der Waals surface area contributed by atoms with Crippen LogP contribution in [0.4, 0.5) is 0 Å². The van der Waals surface area contributed by atoms with Gasteiger partial charge in [-0.1, -0.05) is 67.9 Å². The molecule has 2 aromatic carbocycles. The van der Waals surface area contributed by atoms with E-state index in [4.69, 9.17) is 19.8 Å². The Morgan fingerprint density at radius 1 is 0.711 bits per heavy atom. The minimum absolute atomic E-state index is 0.334. The molecule has 0 radical (unpaired) electrons. The molecule has 1 saturated heterocycles. The third-order valence-electron chi connectivity index (χ3n) is 7.33. The van der Waals surface area contributed by atoms with Crippen LogP contribution in [0.3, 0.4) is 0 Å². The molecule has 2 aromatic rings. The minimum atomic E-state index is -0.340. The zero-order valence-corrected chi connectivity index (χ0v) is 25.7. The van der Waals surface area contributed by atoms with Gasteiger partial charge >= 0.3 is 7.12 Å². The highest BCUT2D eigenvalue weighted by Crippen LogP contribution is 2.37. The van der Waals surface area contributed by atoms with Crippen LogP contribution in [0.1, 0.15) is 88.8 Å². The molecule has 0 atom stereocenters. The first kappa shape index (κ1) is 31.6. The van der Waals surface area contributed by atoms with Gasteiger partial charge in [0, 0.05) is 16.6 Å². The number of hydrogen-bond donors (Lipinski definition) is 0. The fraction of sp³-hybridized carbons (Fsp3) is 0.438. The fourth-order valence-corrected chi connectivity index (χ4v) is 5.20. The van der Waals surface area contributed by atoms with Crippen molar-refractivity contribution in [3.63, 3.8) is 0 Å². The summed E-state index contributed by atoms with van der Waals surface area (Å²) < 4.78 is 13.7. The van der Waals surface area contributed by atoms with Gasteiger partial charge in [0.2, 0.25) is 0 Å². The molecule has 1 fully saturated rings. The molecule has 200 valence electrons. The molecule has 3 rings (SSSR count). The molecule has 0 saturated carbocycles. The molecule has 38 heavy (non-hydrogen) atoms. The first-order valence-electron chi connectivity index (χ1n) is 13.4. The van der Waals surface area contributed by atoms with E-state index in [9.17, 15) is 0 Å². The van der Waals surface area contributed by atoms with Gasteiger partial charge in [-0.2, -0.15) is 10.5 Å². The molecule has 0 bridgehead atoms. The molecule has 0 amide bonds. The van der Waals surface area contributed by atoms with Crippen molar-refractivity contribution in [3.05, 3.63) is 74.3 Å². The number of allylic oxidation sites excluding steroid dienone is 2. The van der Waals surface area contributed by atoms with Crippen molar-refractivity contribution in [2.45, 2.75) is 92.3 Å². The van der Waals surface area contributed by atoms with Crippen LogP contribution in [0.2, 0.25) is 0 Å². The van der Waals surface area contributed by atoms with Crippen LogP contribution >= 0.6 is 15.9 Å². The third kappa shape index (κ3) is 7.48. The van der Waals surface area contributed by atoms with Gasteiger partial charge in [-0.05, 0) is 104 Å². The van der Waals surface area contributed by atoms with Gasteiger partial charge in [0.05, 0.1) is 23.3 Å². The van der Waals surface area contributed by atoms with Crippen molar-refractivity contribution in [2.75, 3.05) is 0 Å². The maximum Gasteiger partial charge on any atom is 0.495 e. The summed E-state index contributed by atoms with van der Waals surface area (Å²) in [6.07, 6.45) is 10.5. The summed E-state index contributed by atoms with van der Waals surface area (Å²) in [7, 11) is -0.334. The third-order valence-corrected chi connectivity index (χ3v) is 8.35. The molecular formula is C32H40BBrN2O2. The number of aryl methyl sites for hydroxylation is 4. The largest absolute Gasteiger partial charge is 0.495 e. The van der Waals surface area contributed by atoms with E-state index in [1.807, 2.05) is 18.2 Å². The lowest BCUT2D eigenvalue weighted by Gasteiger charge is -2.32. The van der Waals surface area contributed by atoms with E-state index >= 15 is 0 Å². The Hall–Kier alpha value is -2.64. The Morgan fingerprint density at radius 2 is 1.05 bits per heavy atom. The quantitative estimate of drug-likeness (QED) is 0.250. The van der Waals surface area contributed by atoms with Crippen molar-refractivity contribution in [1.29, 1.82) is 10.5 Å². The van der Waals surface area contributed by atoms with Gasteiger partial charge in [-0.25, -0.2) is 0 Å². The van der Waals surface area contributed by atoms with Crippen molar-refractivity contribution in [3.8, 4) is 12.1 Å². The molecule has 1 heterocycles. The summed E-state index contributed by atoms with van der Waals surface area (Å²) in [6, 6.07) is 12.6. The predicted octanol–water partition coefficient (Wildman–Crippen LogP) is 7.76. The molecule has 6 heteroatoms. The lowest BCUT2D eigenvalue weighted by atomic mass is 9.71. The van der Waals surface area contributed by atoms with Gasteiger partial charge in [-0.15, -0.1) is 0 Å². The maximum absolute atomic E-state index is 8.75. The molecule has 0 aromatic heterocycles. The number of benzene rings is 2. The van der Waals surface area contributed by atoms with E-state index in [0.717, 1.165) is 42.3 Å². The SMILES string of the molecule is CCc1cc(/C=C/C#N)cc(CC)c1B1OC(C)(C)C(C)(C)O1.CCc1cc(/C=C/C#N)cc(CC)c1Br. The Balaban J connectivity index is 0.000000293. The summed E-state index contributed by atoms with van der Waals surface area (Å²) >= 11 is 3.61. The second kappa shape index (κ2) is 14.0. The Morgan fingerprint density at radius 3 is 1.37 bits per heavy atom. The number of nitriles is 2. The standard InChI is InChI=1S/C19H26BNO2.C13H14BrN/c1-7-15-12-14(10-9-11-21)13-16(8-2)17(15)20-22-18(3,4)19(5,6)23-20;1-3-11-8-10(6-5-7-15)9-12(4-2)13(11)14/h9-10,12-13H,7-8H2,1-6H3;5-6,8-9H,3-4H2,1-2H3/b10-9+;6-5+. The van der Waals surface area contributed by atoms with Gasteiger partial charge < -0.3 is 9.31 Å². The lowest BCUT2D eigenvalue weighted by Crippen LogP contribution is -2.41. The van der Waals surface area contributed by atoms with Gasteiger partial charge in [0.25, 0.3) is 0 Å². The predicted molar refractivity (Wildman–Crippen MR) is 163 cm³/mol. The van der Waals surface area contributed by atoms with Crippen molar-refractivity contribution < 1.29 is 9.31 Å². The molecule has 0 spiro atoms. The van der Waals surface area contributed by atoms with E-state index in [1.54, 1.807) is 0 Å². The van der Waals surface area contributed by atoms with Crippen LogP contribution in [0.25, 0.3) is 12.2 Å². The van der Waals surface area contributed by atoms with Crippen LogP contribution in [-0.2, 0) is 35.0 Å². The summed E-state index contributed by atoms with van der Waals surface area (Å²) in [6.45, 7) is 16.9. The zero-order chi connectivity index (χ0) is 28.5. The van der Waals surface area contributed by atoms with E-state index in [0.29, 0.717) is 0 Å². The van der Waals surface area contributed by atoms with E-state index in [1.165, 1.54) is 38.9 Å². The topological polar surface area (TPSA) is 66.0 Å². The van der Waals surface area contributed by atoms with Gasteiger partial charge in [0.15, 0.2) is 0 Å². The van der Waals surface area contributed by atoms with Crippen molar-refractivity contribution in [1.82, 2.24) is 0 Å². The molecule has 0 aliphatic carbocycles. The fourth-order valence-electron chi connectivity index (χ4n) is 4.41. The van der Waals surface area contributed by atoms with Crippen LogP contribution in [0.15, 0.2) is 40.9 Å². The lowest BCUT2D eigenvalue weighted by molar-refractivity contribution is 0.00578. The average Bonchev–Trinajstić information content (AvgIpc) is 3.12. The number of halogens is 1. The van der Waals surface area contributed by atoms with Crippen molar-refractivity contribution in [2.24, 2.45) is 0 Å². The van der Waals surface area contributed by atoms with Crippen LogP contribution in [-0.4, -0.2) is 18.3 Å². The smallest absolute Gasteiger partial charge is 0.399 e. The molecule has 0 unspecified atom stereocenters. The van der Waals surface area contributed by atoms with Gasteiger partial charge in [-0.3, -0.25) is 0 Å². The minimum Gasteiger partial charge on any atom is -0.399 e. The first-order valence-corrected chi connectivity index (χ1v) is 14.2. The summed E-state index contributed by atoms with van der Waals surface area (Å²) in [4.78, 5) is 0. The van der Waals surface area contributed by atoms with Crippen LogP contribution in [0.5, 0.6) is 0 Å². The summed E-state index contributed by atoms with van der Waals surface area (Å²) in [5.41, 5.74) is 7.68. The first-order chi connectivity index (χ1) is 18.0. The Kier molecular flexibility index (Phi) is 11.6. The second-order valence-electron chi connectivity index (χ2n) is 10.3. The molecule has 4 nitrogen and oxygen atoms in total. The Labute approximate surface area is 238 Å². The summed E-state index contributed by atoms with van der Waals surface area (Å²) in [5.74, 6) is 0. The summed E-state index contributed by atoms with van der Waals surface area (Å²) in [5, 5.41) is 17.2. The number of nitrogens with zero attached hydrogens (tertiary/aromatic N) is 2. The Bertz CT molecular complexity index is 1200. The zero-order valence-electron chi connectivity index (χ0n) is 24.1. The van der Waals surface area contributed by atoms with Gasteiger partial charge in [0.1, 0.15) is 0 Å². The van der Waals surface area contributed by atoms with E-state index in [-0.39, 0.29) is 18.3 Å². The molecule has 1 aliphatic heterocycles. The monoisotopic (exact) mass is 574 g/mol. The highest BCUT2D eigenvalue weighted by molar-refractivity contribution is 9.10. The van der Waals surface area contributed by atoms with E-state index in [2.05, 4.69) is 102 Å².